The van der Waals surface area contributed by atoms with Gasteiger partial charge in [-0.1, -0.05) is 5.16 Å². The Balaban J connectivity index is 2.04. The van der Waals surface area contributed by atoms with E-state index < -0.39 is 40.8 Å². The lowest BCUT2D eigenvalue weighted by atomic mass is 9.98. The molecule has 1 N–H and O–H groups in total. The lowest BCUT2D eigenvalue weighted by Crippen LogP contribution is -2.27. The number of aromatic nitrogens is 1. The first-order valence-corrected chi connectivity index (χ1v) is 9.36. The number of hydrogen-bond donors (Lipinski definition) is 1. The zero-order valence-electron chi connectivity index (χ0n) is 15.7. The number of anilines is 1. The summed E-state index contributed by atoms with van der Waals surface area (Å²) in [7, 11) is 0. The first-order valence-electron chi connectivity index (χ1n) is 8.56. The van der Waals surface area contributed by atoms with E-state index in [4.69, 9.17) is 9.57 Å². The first-order chi connectivity index (χ1) is 13.5. The van der Waals surface area contributed by atoms with E-state index in [0.717, 1.165) is 0 Å². The van der Waals surface area contributed by atoms with Crippen LogP contribution in [-0.2, 0) is 9.57 Å². The molecule has 0 spiro atoms. The van der Waals surface area contributed by atoms with Gasteiger partial charge in [-0.3, -0.25) is 10.3 Å². The molecule has 0 saturated heterocycles. The number of nitrogens with one attached hydrogen (secondary N) is 1. The van der Waals surface area contributed by atoms with Gasteiger partial charge in [0.15, 0.2) is 6.10 Å². The Morgan fingerprint density at radius 2 is 1.90 bits per heavy atom. The maximum absolute atomic E-state index is 14.5. The van der Waals surface area contributed by atoms with Crippen LogP contribution in [0.25, 0.3) is 11.1 Å². The Kier molecular flexibility index (Phi) is 5.83. The van der Waals surface area contributed by atoms with Gasteiger partial charge in [0.2, 0.25) is 0 Å². The molecule has 0 aliphatic carbocycles. The van der Waals surface area contributed by atoms with E-state index >= 15 is 0 Å². The number of nitrogens with zero attached hydrogens (tertiary/aromatic N) is 2. The Morgan fingerprint density at radius 1 is 1.24 bits per heavy atom. The Bertz CT molecular complexity index is 969. The van der Waals surface area contributed by atoms with E-state index in [1.807, 2.05) is 0 Å². The van der Waals surface area contributed by atoms with Crippen LogP contribution in [0.5, 0.6) is 0 Å². The molecular weight excluding hydrogens is 455 g/mol. The highest BCUT2D eigenvalue weighted by atomic mass is 79.9. The Hall–Kier alpha value is -2.62. The van der Waals surface area contributed by atoms with Crippen LogP contribution < -0.4 is 5.32 Å². The van der Waals surface area contributed by atoms with Gasteiger partial charge in [-0.05, 0) is 42.8 Å². The smallest absolute Gasteiger partial charge is 0.412 e. The van der Waals surface area contributed by atoms with Crippen molar-refractivity contribution in [2.45, 2.75) is 38.9 Å². The quantitative estimate of drug-likeness (QED) is 0.624. The summed E-state index contributed by atoms with van der Waals surface area (Å²) < 4.78 is 48.0. The fraction of sp³-hybridized carbons (Fsp3) is 0.316. The zero-order chi connectivity index (χ0) is 21.3. The van der Waals surface area contributed by atoms with Crippen molar-refractivity contribution in [1.29, 1.82) is 0 Å². The predicted molar refractivity (Wildman–Crippen MR) is 104 cm³/mol. The first kappa shape index (κ1) is 21.1. The number of benzene rings is 1. The second-order valence-corrected chi connectivity index (χ2v) is 8.21. The van der Waals surface area contributed by atoms with Crippen molar-refractivity contribution in [2.75, 3.05) is 5.32 Å². The molecule has 10 heteroatoms. The van der Waals surface area contributed by atoms with Crippen molar-refractivity contribution in [3.05, 3.63) is 47.5 Å². The van der Waals surface area contributed by atoms with Gasteiger partial charge >= 0.3 is 6.09 Å². The van der Waals surface area contributed by atoms with E-state index in [1.54, 1.807) is 20.8 Å². The second-order valence-electron chi connectivity index (χ2n) is 7.29. The highest BCUT2D eigenvalue weighted by molar-refractivity contribution is 9.18. The van der Waals surface area contributed by atoms with Crippen LogP contribution in [0.2, 0.25) is 0 Å². The third-order valence-corrected chi connectivity index (χ3v) is 4.25. The summed E-state index contributed by atoms with van der Waals surface area (Å²) in [5.41, 5.74) is -0.915. The zero-order valence-corrected chi connectivity index (χ0v) is 17.3. The normalized spacial score (nSPS) is 16.2. The molecule has 0 fully saturated rings. The molecule has 29 heavy (non-hydrogen) atoms. The van der Waals surface area contributed by atoms with E-state index in [-0.39, 0.29) is 16.9 Å². The summed E-state index contributed by atoms with van der Waals surface area (Å²) >= 11 is 3.20. The van der Waals surface area contributed by atoms with Crippen molar-refractivity contribution in [3.8, 4) is 11.1 Å². The number of hydrogen-bond acceptors (Lipinski definition) is 5. The number of ether oxygens (including phenoxy) is 1. The van der Waals surface area contributed by atoms with Crippen LogP contribution in [0.3, 0.4) is 0 Å². The van der Waals surface area contributed by atoms with Gasteiger partial charge in [0, 0.05) is 24.1 Å². The van der Waals surface area contributed by atoms with Gasteiger partial charge in [0.05, 0.1) is 23.1 Å². The number of halogens is 4. The molecule has 2 heterocycles. The largest absolute Gasteiger partial charge is 0.444 e. The third-order valence-electron chi connectivity index (χ3n) is 3.78. The Morgan fingerprint density at radius 3 is 2.45 bits per heavy atom. The minimum atomic E-state index is -1.11. The van der Waals surface area contributed by atoms with E-state index in [1.165, 1.54) is 12.3 Å². The maximum atomic E-state index is 14.5. The Labute approximate surface area is 173 Å². The van der Waals surface area contributed by atoms with E-state index in [0.29, 0.717) is 23.2 Å². The van der Waals surface area contributed by atoms with Crippen LogP contribution in [0.15, 0.2) is 29.6 Å². The molecule has 2 aromatic rings. The number of oxime groups is 1. The standard InChI is InChI=1S/C19H17BrF3N3O3/c1-19(2,3)28-18(27)25-10-6-11(16-12(22)4-9(21)5-13(16)23)17(24-8-10)14-7-15(20)26-29-14/h4-6,8,14H,7H2,1-3H3,(H,25,27). The van der Waals surface area contributed by atoms with Crippen molar-refractivity contribution in [2.24, 2.45) is 5.16 Å². The summed E-state index contributed by atoms with van der Waals surface area (Å²) in [5, 5.41) is 6.22. The molecule has 1 atom stereocenters. The number of rotatable bonds is 3. The van der Waals surface area contributed by atoms with Gasteiger partial charge < -0.3 is 9.57 Å². The molecule has 1 aromatic heterocycles. The molecule has 1 aliphatic rings. The molecule has 154 valence electrons. The van der Waals surface area contributed by atoms with Gasteiger partial charge in [-0.2, -0.15) is 0 Å². The fourth-order valence-corrected chi connectivity index (χ4v) is 3.09. The molecule has 1 unspecified atom stereocenters. The van der Waals surface area contributed by atoms with Crippen molar-refractivity contribution >= 4 is 32.3 Å². The minimum Gasteiger partial charge on any atom is -0.444 e. The molecular formula is C19H17BrF3N3O3. The summed E-state index contributed by atoms with van der Waals surface area (Å²) in [6, 6.07) is 2.46. The summed E-state index contributed by atoms with van der Waals surface area (Å²) in [4.78, 5) is 21.5. The predicted octanol–water partition coefficient (Wildman–Crippen LogP) is 5.68. The fourth-order valence-electron chi connectivity index (χ4n) is 2.72. The van der Waals surface area contributed by atoms with Crippen LogP contribution in [0, 0.1) is 17.5 Å². The third kappa shape index (κ3) is 5.06. The van der Waals surface area contributed by atoms with Gasteiger partial charge in [0.25, 0.3) is 0 Å². The number of amides is 1. The lowest BCUT2D eigenvalue weighted by Gasteiger charge is -2.20. The summed E-state index contributed by atoms with van der Waals surface area (Å²) in [6.45, 7) is 5.08. The topological polar surface area (TPSA) is 72.8 Å². The number of carbonyl (C=O) groups excluding carboxylic acids is 1. The molecule has 0 bridgehead atoms. The second kappa shape index (κ2) is 8.02. The summed E-state index contributed by atoms with van der Waals surface area (Å²) in [6.07, 6.45) is 0.126. The van der Waals surface area contributed by atoms with Crippen LogP contribution in [-0.4, -0.2) is 21.3 Å². The molecule has 0 radical (unpaired) electrons. The average molecular weight is 472 g/mol. The minimum absolute atomic E-state index is 0.00374. The summed E-state index contributed by atoms with van der Waals surface area (Å²) in [5.74, 6) is -3.28. The van der Waals surface area contributed by atoms with Crippen LogP contribution >= 0.6 is 15.9 Å². The van der Waals surface area contributed by atoms with Gasteiger partial charge in [-0.25, -0.2) is 18.0 Å². The molecule has 1 aromatic carbocycles. The number of pyridine rings is 1. The van der Waals surface area contributed by atoms with E-state index in [9.17, 15) is 18.0 Å². The lowest BCUT2D eigenvalue weighted by molar-refractivity contribution is 0.0636. The molecule has 1 amide bonds. The number of carbonyl (C=O) groups is 1. The van der Waals surface area contributed by atoms with Crippen LogP contribution in [0.4, 0.5) is 23.7 Å². The van der Waals surface area contributed by atoms with Gasteiger partial charge in [-0.15, -0.1) is 0 Å². The molecule has 6 nitrogen and oxygen atoms in total. The maximum Gasteiger partial charge on any atom is 0.412 e. The highest BCUT2D eigenvalue weighted by Crippen LogP contribution is 2.38. The average Bonchev–Trinajstić information content (AvgIpc) is 2.98. The van der Waals surface area contributed by atoms with E-state index in [2.05, 4.69) is 31.4 Å². The highest BCUT2D eigenvalue weighted by Gasteiger charge is 2.29. The van der Waals surface area contributed by atoms with Crippen LogP contribution in [0.1, 0.15) is 39.0 Å². The van der Waals surface area contributed by atoms with Crippen molar-refractivity contribution in [1.82, 2.24) is 4.98 Å². The monoisotopic (exact) mass is 471 g/mol. The van der Waals surface area contributed by atoms with Crippen molar-refractivity contribution in [3.63, 3.8) is 0 Å². The SMILES string of the molecule is CC(C)(C)OC(=O)Nc1cnc(C2CC(Br)=NO2)c(-c2c(F)cc(F)cc2F)c1. The molecule has 0 saturated carbocycles. The van der Waals surface area contributed by atoms with Crippen molar-refractivity contribution < 1.29 is 27.5 Å². The van der Waals surface area contributed by atoms with Gasteiger partial charge in [0.1, 0.15) is 27.7 Å². The molecule has 3 rings (SSSR count). The molecule has 1 aliphatic heterocycles.